The number of piperazine rings is 1. The number of nitrogens with zero attached hydrogens (tertiary/aromatic N) is 2. The van der Waals surface area contributed by atoms with Crippen molar-refractivity contribution in [2.45, 2.75) is 56.5 Å². The van der Waals surface area contributed by atoms with Crippen molar-refractivity contribution < 1.29 is 50.7 Å². The van der Waals surface area contributed by atoms with Crippen LogP contribution in [0.5, 0.6) is 0 Å². The van der Waals surface area contributed by atoms with Gasteiger partial charge >= 0.3 is 12.1 Å². The Hall–Kier alpha value is -6.68. The zero-order chi connectivity index (χ0) is 47.9. The van der Waals surface area contributed by atoms with Crippen LogP contribution in [0.2, 0.25) is 0 Å². The lowest BCUT2D eigenvalue weighted by molar-refractivity contribution is -0.192. The molecule has 4 aromatic rings. The summed E-state index contributed by atoms with van der Waals surface area (Å²) in [6.45, 7) is 3.59. The molecule has 17 nitrogen and oxygen atoms in total. The lowest BCUT2D eigenvalue weighted by atomic mass is 10.0. The molecule has 3 heterocycles. The van der Waals surface area contributed by atoms with Crippen molar-refractivity contribution in [1.29, 1.82) is 5.41 Å². The van der Waals surface area contributed by atoms with E-state index in [2.05, 4.69) is 35.8 Å². The third-order valence-corrected chi connectivity index (χ3v) is 11.8. The van der Waals surface area contributed by atoms with Crippen LogP contribution in [0.15, 0.2) is 103 Å². The molecule has 0 aromatic heterocycles. The summed E-state index contributed by atoms with van der Waals surface area (Å²) in [6, 6.07) is 27.6. The number of rotatable bonds is 8. The van der Waals surface area contributed by atoms with Crippen LogP contribution >= 0.6 is 0 Å². The number of alkyl halides is 3. The van der Waals surface area contributed by atoms with E-state index in [0.717, 1.165) is 16.7 Å². The molecule has 4 amide bonds. The van der Waals surface area contributed by atoms with Crippen molar-refractivity contribution in [1.82, 2.24) is 35.8 Å². The molecule has 1 saturated heterocycles. The summed E-state index contributed by atoms with van der Waals surface area (Å²) in [5.41, 5.74) is 10.3. The zero-order valence-electron chi connectivity index (χ0n) is 35.8. The zero-order valence-corrected chi connectivity index (χ0v) is 36.6. The maximum atomic E-state index is 14.3. The highest BCUT2D eigenvalue weighted by Crippen LogP contribution is 2.15. The van der Waals surface area contributed by atoms with Gasteiger partial charge in [0, 0.05) is 57.8 Å². The fourth-order valence-corrected chi connectivity index (χ4v) is 8.40. The SMILES string of the molecule is N=C(N)c1ccc(CNC(=O)[C@@H]2Cc3cccc(c3)CNC(=O)CN3CCN(CC3)CC(=O)NCc3cccc(c3)C[C@@H](NS(=O)(=O)Cc3ccccc3)C(=O)N2)cc1.O=C(O)C(F)(F)F. The average molecular weight is 936 g/mol. The van der Waals surface area contributed by atoms with Crippen LogP contribution < -0.4 is 31.7 Å². The number of halogens is 3. The van der Waals surface area contributed by atoms with Crippen LogP contribution in [0, 0.1) is 5.41 Å². The number of carbonyl (C=O) groups excluding carboxylic acids is 4. The fraction of sp³-hybridized carbons (Fsp3) is 0.333. The Labute approximate surface area is 379 Å². The van der Waals surface area contributed by atoms with E-state index in [4.69, 9.17) is 21.0 Å². The number of aliphatic carboxylic acids is 1. The van der Waals surface area contributed by atoms with E-state index in [-0.39, 0.29) is 69.0 Å². The molecule has 21 heteroatoms. The highest BCUT2D eigenvalue weighted by atomic mass is 32.2. The van der Waals surface area contributed by atoms with Gasteiger partial charge < -0.3 is 32.1 Å². The average Bonchev–Trinajstić information content (AvgIpc) is 3.27. The maximum absolute atomic E-state index is 14.3. The van der Waals surface area contributed by atoms with Gasteiger partial charge in [0.2, 0.25) is 33.7 Å². The van der Waals surface area contributed by atoms with Crippen molar-refractivity contribution in [3.63, 3.8) is 0 Å². The number of benzene rings is 4. The van der Waals surface area contributed by atoms with Gasteiger partial charge in [-0.05, 0) is 39.8 Å². The summed E-state index contributed by atoms with van der Waals surface area (Å²) < 4.78 is 61.6. The number of amides is 4. The molecule has 9 N–H and O–H groups in total. The molecule has 0 radical (unpaired) electrons. The van der Waals surface area contributed by atoms with E-state index >= 15 is 0 Å². The second-order valence-corrected chi connectivity index (χ2v) is 17.5. The van der Waals surface area contributed by atoms with Crippen LogP contribution in [0.25, 0.3) is 0 Å². The van der Waals surface area contributed by atoms with E-state index in [1.807, 2.05) is 36.4 Å². The van der Waals surface area contributed by atoms with Gasteiger partial charge in [0.05, 0.1) is 18.8 Å². The molecule has 3 aliphatic rings. The molecule has 7 rings (SSSR count). The highest BCUT2D eigenvalue weighted by Gasteiger charge is 2.38. The predicted molar refractivity (Wildman–Crippen MR) is 238 cm³/mol. The van der Waals surface area contributed by atoms with Crippen LogP contribution in [-0.2, 0) is 72.2 Å². The molecule has 0 unspecified atom stereocenters. The van der Waals surface area contributed by atoms with Gasteiger partial charge in [0.25, 0.3) is 0 Å². The Morgan fingerprint density at radius 1 is 0.742 bits per heavy atom. The molecule has 1 fully saturated rings. The Morgan fingerprint density at radius 2 is 1.24 bits per heavy atom. The van der Waals surface area contributed by atoms with Crippen LogP contribution in [-0.4, -0.2) is 116 Å². The number of hydrogen-bond donors (Lipinski definition) is 8. The summed E-state index contributed by atoms with van der Waals surface area (Å²) >= 11 is 0. The number of carbonyl (C=O) groups is 5. The highest BCUT2D eigenvalue weighted by molar-refractivity contribution is 7.88. The van der Waals surface area contributed by atoms with Crippen LogP contribution in [0.4, 0.5) is 13.2 Å². The summed E-state index contributed by atoms with van der Waals surface area (Å²) in [5, 5.41) is 26.5. The van der Waals surface area contributed by atoms with Crippen LogP contribution in [0.3, 0.4) is 0 Å². The van der Waals surface area contributed by atoms with Crippen molar-refractivity contribution >= 4 is 45.5 Å². The first-order valence-corrected chi connectivity index (χ1v) is 22.5. The van der Waals surface area contributed by atoms with E-state index in [9.17, 15) is 40.8 Å². The van der Waals surface area contributed by atoms with Gasteiger partial charge in [-0.2, -0.15) is 13.2 Å². The molecule has 6 bridgehead atoms. The minimum atomic E-state index is -5.08. The normalized spacial score (nSPS) is 19.9. The second-order valence-electron chi connectivity index (χ2n) is 15.8. The molecular weight excluding hydrogens is 884 g/mol. The number of carboxylic acids is 1. The van der Waals surface area contributed by atoms with E-state index in [0.29, 0.717) is 48.4 Å². The Kier molecular flexibility index (Phi) is 17.9. The number of nitrogens with one attached hydrogen (secondary N) is 6. The van der Waals surface area contributed by atoms with Crippen LogP contribution in [0.1, 0.15) is 38.9 Å². The monoisotopic (exact) mass is 935 g/mol. The minimum absolute atomic E-state index is 0.0437. The molecule has 352 valence electrons. The summed E-state index contributed by atoms with van der Waals surface area (Å²) in [7, 11) is -4.07. The lowest BCUT2D eigenvalue weighted by Crippen LogP contribution is -2.55. The molecule has 0 aliphatic carbocycles. The third-order valence-electron chi connectivity index (χ3n) is 10.5. The van der Waals surface area contributed by atoms with Crippen molar-refractivity contribution in [2.75, 3.05) is 39.3 Å². The van der Waals surface area contributed by atoms with E-state index < -0.39 is 46.1 Å². The van der Waals surface area contributed by atoms with Gasteiger partial charge in [-0.15, -0.1) is 0 Å². The third kappa shape index (κ3) is 16.7. The first kappa shape index (κ1) is 50.3. The standard InChI is InChI=1S/C43H51N9O6S.C2HF3O2/c44-41(45)36-14-12-30(13-15-36)24-48-42(55)37-22-32-8-4-10-34(20-32)25-46-39(53)27-51-16-18-52(19-17-51)28-40(54)47-26-35-11-5-9-33(21-35)23-38(43(56)49-37)50-59(57,58)29-31-6-2-1-3-7-31;3-2(4,5)1(6)7/h1-15,20-21,37-38,50H,16-19,22-29H2,(H3,44,45)(H,46,53)(H,47,54)(H,48,55)(H,49,56);(H,6,7)/t37-,38+;/m0./s1. The number of sulfonamides is 1. The molecule has 4 aromatic carbocycles. The predicted octanol–water partition coefficient (Wildman–Crippen LogP) is 1.54. The van der Waals surface area contributed by atoms with E-state index in [1.54, 1.807) is 66.7 Å². The van der Waals surface area contributed by atoms with Gasteiger partial charge in [0.15, 0.2) is 0 Å². The van der Waals surface area contributed by atoms with Crippen molar-refractivity contribution in [3.05, 3.63) is 142 Å². The maximum Gasteiger partial charge on any atom is 0.490 e. The number of amidine groups is 1. The molecule has 2 atom stereocenters. The smallest absolute Gasteiger partial charge is 0.475 e. The van der Waals surface area contributed by atoms with Gasteiger partial charge in [-0.25, -0.2) is 17.9 Å². The first-order valence-electron chi connectivity index (χ1n) is 20.8. The lowest BCUT2D eigenvalue weighted by Gasteiger charge is -2.33. The van der Waals surface area contributed by atoms with Crippen molar-refractivity contribution in [3.8, 4) is 0 Å². The second kappa shape index (κ2) is 23.5. The largest absolute Gasteiger partial charge is 0.490 e. The minimum Gasteiger partial charge on any atom is -0.475 e. The molecule has 66 heavy (non-hydrogen) atoms. The van der Waals surface area contributed by atoms with Crippen molar-refractivity contribution in [2.24, 2.45) is 5.73 Å². The number of fused-ring (bicyclic) bond motifs is 13. The first-order chi connectivity index (χ1) is 31.3. The number of carboxylic acid groups (broad SMARTS) is 1. The molecule has 0 spiro atoms. The van der Waals surface area contributed by atoms with Gasteiger partial charge in [0.1, 0.15) is 17.9 Å². The summed E-state index contributed by atoms with van der Waals surface area (Å²) in [6.07, 6.45) is -5.07. The Bertz CT molecular complexity index is 2450. The quantitative estimate of drug-likeness (QED) is 0.0929. The number of nitrogen functional groups attached to an aromatic ring is 1. The molecular formula is C45H52F3N9O8S. The molecule has 3 aliphatic heterocycles. The Morgan fingerprint density at radius 3 is 1.74 bits per heavy atom. The topological polar surface area (TPSA) is 256 Å². The number of nitrogens with two attached hydrogens (primary N) is 1. The van der Waals surface area contributed by atoms with Gasteiger partial charge in [-0.3, -0.25) is 34.4 Å². The van der Waals surface area contributed by atoms with Gasteiger partial charge in [-0.1, -0.05) is 103 Å². The fourth-order valence-electron chi connectivity index (χ4n) is 7.07. The summed E-state index contributed by atoms with van der Waals surface area (Å²) in [4.78, 5) is 67.2. The summed E-state index contributed by atoms with van der Waals surface area (Å²) in [5.74, 6) is -4.70. The molecule has 0 saturated carbocycles. The Balaban J connectivity index is 0.00000108. The number of hydrogen-bond acceptors (Lipinski definition) is 10. The van der Waals surface area contributed by atoms with E-state index in [1.165, 1.54) is 0 Å².